The predicted octanol–water partition coefficient (Wildman–Crippen LogP) is 3.81. The van der Waals surface area contributed by atoms with Gasteiger partial charge in [-0.3, -0.25) is 10.4 Å². The zero-order valence-electron chi connectivity index (χ0n) is 14.7. The molecule has 2 aromatic rings. The summed E-state index contributed by atoms with van der Waals surface area (Å²) >= 11 is 5.90. The van der Waals surface area contributed by atoms with Crippen molar-refractivity contribution in [1.29, 1.82) is 5.41 Å². The third kappa shape index (κ3) is 4.68. The van der Waals surface area contributed by atoms with Gasteiger partial charge < -0.3 is 14.7 Å². The molecule has 0 fully saturated rings. The quantitative estimate of drug-likeness (QED) is 0.458. The molecule has 7 heteroatoms. The number of nitrogens with one attached hydrogen (secondary N) is 1. The van der Waals surface area contributed by atoms with Crippen molar-refractivity contribution in [3.8, 4) is 0 Å². The number of aliphatic hydroxyl groups is 1. The highest BCUT2D eigenvalue weighted by Crippen LogP contribution is 2.22. The molecule has 0 heterocycles. The molecule has 0 saturated heterocycles. The van der Waals surface area contributed by atoms with Crippen LogP contribution in [0.2, 0.25) is 5.02 Å². The van der Waals surface area contributed by atoms with Crippen LogP contribution in [-0.4, -0.2) is 36.6 Å². The van der Waals surface area contributed by atoms with Gasteiger partial charge >= 0.3 is 0 Å². The SMILES string of the molecule is CO/N=C(/C(=N)OC)c1ccccc1C(O)/N=C(\C)c1ccc(Cl)cc1. The Hall–Kier alpha value is -2.70. The van der Waals surface area contributed by atoms with E-state index in [4.69, 9.17) is 26.6 Å². The highest BCUT2D eigenvalue weighted by atomic mass is 35.5. The number of ether oxygens (including phenoxy) is 1. The van der Waals surface area contributed by atoms with Crippen molar-refractivity contribution in [3.05, 3.63) is 70.2 Å². The van der Waals surface area contributed by atoms with Crippen LogP contribution >= 0.6 is 11.6 Å². The number of aliphatic hydroxyl groups excluding tert-OH is 1. The van der Waals surface area contributed by atoms with Gasteiger partial charge in [0, 0.05) is 21.9 Å². The van der Waals surface area contributed by atoms with Gasteiger partial charge in [0.05, 0.1) is 7.11 Å². The highest BCUT2D eigenvalue weighted by Gasteiger charge is 2.20. The van der Waals surface area contributed by atoms with E-state index in [0.29, 0.717) is 21.9 Å². The van der Waals surface area contributed by atoms with Gasteiger partial charge in [0.1, 0.15) is 7.11 Å². The molecule has 0 bridgehead atoms. The van der Waals surface area contributed by atoms with Crippen LogP contribution in [0.15, 0.2) is 58.7 Å². The van der Waals surface area contributed by atoms with Crippen LogP contribution in [0.4, 0.5) is 0 Å². The first-order valence-electron chi connectivity index (χ1n) is 7.79. The van der Waals surface area contributed by atoms with E-state index in [9.17, 15) is 5.11 Å². The van der Waals surface area contributed by atoms with Gasteiger partial charge in [-0.2, -0.15) is 0 Å². The minimum atomic E-state index is -1.14. The van der Waals surface area contributed by atoms with Gasteiger partial charge in [0.2, 0.25) is 5.90 Å². The van der Waals surface area contributed by atoms with Crippen molar-refractivity contribution < 1.29 is 14.7 Å². The minimum Gasteiger partial charge on any atom is -0.480 e. The summed E-state index contributed by atoms with van der Waals surface area (Å²) in [7, 11) is 2.75. The molecule has 0 aliphatic heterocycles. The first-order valence-corrected chi connectivity index (χ1v) is 8.17. The molecule has 0 spiro atoms. The molecule has 0 amide bonds. The molecule has 0 radical (unpaired) electrons. The molecule has 0 saturated carbocycles. The summed E-state index contributed by atoms with van der Waals surface area (Å²) < 4.78 is 4.96. The molecule has 2 rings (SSSR count). The molecule has 1 unspecified atom stereocenters. The van der Waals surface area contributed by atoms with Crippen LogP contribution in [0, 0.1) is 5.41 Å². The number of nitrogens with zero attached hydrogens (tertiary/aromatic N) is 2. The summed E-state index contributed by atoms with van der Waals surface area (Å²) in [5.41, 5.74) is 2.65. The van der Waals surface area contributed by atoms with E-state index in [1.54, 1.807) is 43.3 Å². The third-order valence-electron chi connectivity index (χ3n) is 3.67. The van der Waals surface area contributed by atoms with Gasteiger partial charge in [-0.1, -0.05) is 53.2 Å². The molecule has 26 heavy (non-hydrogen) atoms. The van der Waals surface area contributed by atoms with Crippen LogP contribution in [0.1, 0.15) is 29.8 Å². The zero-order valence-corrected chi connectivity index (χ0v) is 15.5. The summed E-state index contributed by atoms with van der Waals surface area (Å²) in [5, 5.41) is 23.0. The van der Waals surface area contributed by atoms with Gasteiger partial charge in [0.25, 0.3) is 0 Å². The number of halogens is 1. The Balaban J connectivity index is 2.42. The Labute approximate surface area is 157 Å². The van der Waals surface area contributed by atoms with Gasteiger partial charge in [-0.05, 0) is 24.6 Å². The summed E-state index contributed by atoms with van der Waals surface area (Å²) in [4.78, 5) is 9.17. The molecular weight excluding hydrogens is 354 g/mol. The average molecular weight is 374 g/mol. The molecule has 2 aromatic carbocycles. The number of hydrogen-bond acceptors (Lipinski definition) is 6. The van der Waals surface area contributed by atoms with Crippen molar-refractivity contribution in [1.82, 2.24) is 0 Å². The van der Waals surface area contributed by atoms with Crippen LogP contribution < -0.4 is 0 Å². The molecule has 0 aliphatic carbocycles. The summed E-state index contributed by atoms with van der Waals surface area (Å²) in [6.45, 7) is 1.80. The number of benzene rings is 2. The van der Waals surface area contributed by atoms with Crippen molar-refractivity contribution in [2.75, 3.05) is 14.2 Å². The van der Waals surface area contributed by atoms with Crippen LogP contribution in [0.5, 0.6) is 0 Å². The fraction of sp³-hybridized carbons (Fsp3) is 0.211. The summed E-state index contributed by atoms with van der Waals surface area (Å²) in [6, 6.07) is 14.2. The van der Waals surface area contributed by atoms with Crippen molar-refractivity contribution in [2.45, 2.75) is 13.2 Å². The lowest BCUT2D eigenvalue weighted by atomic mass is 10.0. The maximum Gasteiger partial charge on any atom is 0.236 e. The highest BCUT2D eigenvalue weighted by molar-refractivity contribution is 6.44. The summed E-state index contributed by atoms with van der Waals surface area (Å²) in [5.74, 6) is -0.176. The van der Waals surface area contributed by atoms with E-state index in [1.165, 1.54) is 14.2 Å². The molecule has 136 valence electrons. The number of oxime groups is 1. The second-order valence-corrected chi connectivity index (χ2v) is 5.77. The molecule has 1 atom stereocenters. The van der Waals surface area contributed by atoms with Crippen molar-refractivity contribution >= 4 is 28.9 Å². The minimum absolute atomic E-state index is 0.170. The Morgan fingerprint density at radius 1 is 1.12 bits per heavy atom. The van der Waals surface area contributed by atoms with E-state index in [-0.39, 0.29) is 11.6 Å². The lowest BCUT2D eigenvalue weighted by Gasteiger charge is -2.15. The maximum atomic E-state index is 10.6. The van der Waals surface area contributed by atoms with Gasteiger partial charge in [-0.15, -0.1) is 0 Å². The zero-order chi connectivity index (χ0) is 19.1. The number of methoxy groups -OCH3 is 1. The van der Waals surface area contributed by atoms with Crippen molar-refractivity contribution in [3.63, 3.8) is 0 Å². The molecular formula is C19H20ClN3O3. The third-order valence-corrected chi connectivity index (χ3v) is 3.93. The molecule has 2 N–H and O–H groups in total. The fourth-order valence-corrected chi connectivity index (χ4v) is 2.48. The fourth-order valence-electron chi connectivity index (χ4n) is 2.36. The Morgan fingerprint density at radius 3 is 2.38 bits per heavy atom. The smallest absolute Gasteiger partial charge is 0.236 e. The Kier molecular flexibility index (Phi) is 6.89. The van der Waals surface area contributed by atoms with E-state index in [2.05, 4.69) is 10.1 Å². The van der Waals surface area contributed by atoms with Gasteiger partial charge in [0.15, 0.2) is 11.9 Å². The lowest BCUT2D eigenvalue weighted by Crippen LogP contribution is -2.19. The Bertz CT molecular complexity index is 832. The molecule has 0 aliphatic rings. The number of rotatable bonds is 6. The summed E-state index contributed by atoms with van der Waals surface area (Å²) in [6.07, 6.45) is -1.14. The predicted molar refractivity (Wildman–Crippen MR) is 103 cm³/mol. The average Bonchev–Trinajstić information content (AvgIpc) is 2.66. The van der Waals surface area contributed by atoms with Crippen molar-refractivity contribution in [2.24, 2.45) is 10.1 Å². The number of aliphatic imine (C=N–C) groups is 1. The second-order valence-electron chi connectivity index (χ2n) is 5.34. The molecule has 6 nitrogen and oxygen atoms in total. The first kappa shape index (κ1) is 19.6. The van der Waals surface area contributed by atoms with Crippen LogP contribution in [-0.2, 0) is 9.57 Å². The largest absolute Gasteiger partial charge is 0.480 e. The van der Waals surface area contributed by atoms with Gasteiger partial charge in [-0.25, -0.2) is 0 Å². The maximum absolute atomic E-state index is 10.6. The van der Waals surface area contributed by atoms with E-state index in [0.717, 1.165) is 5.56 Å². The number of hydrogen-bond donors (Lipinski definition) is 2. The normalized spacial score (nSPS) is 13.3. The standard InChI is InChI=1S/C19H20ClN3O3/c1-12(13-8-10-14(20)11-9-13)22-19(24)16-7-5-4-6-15(16)17(23-26-3)18(21)25-2/h4-11,19,21,24H,1-3H3/b21-18?,22-12+,23-17+. The van der Waals surface area contributed by atoms with Crippen LogP contribution in [0.25, 0.3) is 0 Å². The van der Waals surface area contributed by atoms with E-state index < -0.39 is 6.23 Å². The monoisotopic (exact) mass is 373 g/mol. The lowest BCUT2D eigenvalue weighted by molar-refractivity contribution is 0.188. The van der Waals surface area contributed by atoms with E-state index in [1.807, 2.05) is 12.1 Å². The van der Waals surface area contributed by atoms with E-state index >= 15 is 0 Å². The molecule has 0 aromatic heterocycles. The Morgan fingerprint density at radius 2 is 1.77 bits per heavy atom. The topological polar surface area (TPSA) is 87.3 Å². The first-order chi connectivity index (χ1) is 12.5. The van der Waals surface area contributed by atoms with Crippen LogP contribution in [0.3, 0.4) is 0 Å². The second kappa shape index (κ2) is 9.12.